The molecule has 1 saturated carbocycles. The molecule has 0 atom stereocenters. The minimum absolute atomic E-state index is 0.0190. The number of ether oxygens (including phenoxy) is 1. The van der Waals surface area contributed by atoms with Crippen LogP contribution >= 0.6 is 0 Å². The Bertz CT molecular complexity index is 298. The van der Waals surface area contributed by atoms with E-state index in [1.54, 1.807) is 0 Å². The van der Waals surface area contributed by atoms with Gasteiger partial charge in [-0.3, -0.25) is 4.90 Å². The smallest absolute Gasteiger partial charge is 0.0598 e. The van der Waals surface area contributed by atoms with Gasteiger partial charge >= 0.3 is 0 Å². The predicted octanol–water partition coefficient (Wildman–Crippen LogP) is 4.34. The Balaban J connectivity index is 1.65. The quantitative estimate of drug-likeness (QED) is 0.763. The van der Waals surface area contributed by atoms with E-state index in [0.717, 1.165) is 24.5 Å². The lowest BCUT2D eigenvalue weighted by molar-refractivity contribution is -0.0712. The molecule has 1 aliphatic heterocycles. The van der Waals surface area contributed by atoms with Crippen molar-refractivity contribution in [2.45, 2.75) is 78.9 Å². The van der Waals surface area contributed by atoms with Gasteiger partial charge < -0.3 is 4.74 Å². The van der Waals surface area contributed by atoms with Crippen molar-refractivity contribution >= 4 is 0 Å². The number of likely N-dealkylation sites (tertiary alicyclic amines) is 1. The lowest BCUT2D eigenvalue weighted by Crippen LogP contribution is -2.55. The molecule has 1 saturated heterocycles. The Morgan fingerprint density at radius 1 is 0.900 bits per heavy atom. The molecule has 0 N–H and O–H groups in total. The highest BCUT2D eigenvalue weighted by atomic mass is 16.5. The summed E-state index contributed by atoms with van der Waals surface area (Å²) in [4.78, 5) is 2.70. The number of nitrogens with zero attached hydrogens (tertiary/aromatic N) is 1. The van der Waals surface area contributed by atoms with E-state index in [0.29, 0.717) is 5.41 Å². The van der Waals surface area contributed by atoms with Crippen molar-refractivity contribution in [3.8, 4) is 0 Å². The summed E-state index contributed by atoms with van der Waals surface area (Å²) in [6.07, 6.45) is 5.67. The Morgan fingerprint density at radius 3 is 1.90 bits per heavy atom. The maximum absolute atomic E-state index is 5.90. The number of hydrogen-bond donors (Lipinski definition) is 0. The first kappa shape index (κ1) is 16.3. The molecule has 2 nitrogen and oxygen atoms in total. The molecule has 0 amide bonds. The first-order valence-electron chi connectivity index (χ1n) is 8.53. The van der Waals surface area contributed by atoms with E-state index < -0.39 is 0 Å². The van der Waals surface area contributed by atoms with E-state index >= 15 is 0 Å². The van der Waals surface area contributed by atoms with Crippen LogP contribution in [0.2, 0.25) is 0 Å². The second-order valence-corrected chi connectivity index (χ2v) is 9.11. The minimum atomic E-state index is 0.0190. The van der Waals surface area contributed by atoms with Crippen LogP contribution in [0.3, 0.4) is 0 Å². The van der Waals surface area contributed by atoms with Crippen LogP contribution < -0.4 is 0 Å². The third-order valence-corrected chi connectivity index (χ3v) is 5.18. The molecule has 118 valence electrons. The van der Waals surface area contributed by atoms with E-state index in [4.69, 9.17) is 4.74 Å². The molecule has 0 unspecified atom stereocenters. The maximum atomic E-state index is 5.90. The van der Waals surface area contributed by atoms with Crippen LogP contribution in [0.5, 0.6) is 0 Å². The molecule has 0 radical (unpaired) electrons. The fraction of sp³-hybridized carbons (Fsp3) is 1.00. The van der Waals surface area contributed by atoms with Crippen molar-refractivity contribution < 1.29 is 4.74 Å². The summed E-state index contributed by atoms with van der Waals surface area (Å²) in [6, 6.07) is 0.861. The van der Waals surface area contributed by atoms with Gasteiger partial charge in [-0.2, -0.15) is 0 Å². The minimum Gasteiger partial charge on any atom is -0.375 e. The Kier molecular flexibility index (Phi) is 4.86. The Hall–Kier alpha value is -0.0800. The lowest BCUT2D eigenvalue weighted by Gasteiger charge is -2.48. The standard InChI is InChI=1S/C18H35NO/c1-17(2,3)15-7-9-16(10-8-15)19-11-14(12-19)13-20-18(4,5)6/h14-16H,7-13H2,1-6H3. The molecular weight excluding hydrogens is 246 g/mol. The Morgan fingerprint density at radius 2 is 1.45 bits per heavy atom. The zero-order valence-electron chi connectivity index (χ0n) is 14.5. The van der Waals surface area contributed by atoms with Gasteiger partial charge in [-0.15, -0.1) is 0 Å². The van der Waals surface area contributed by atoms with Gasteiger partial charge in [0, 0.05) is 25.0 Å². The summed E-state index contributed by atoms with van der Waals surface area (Å²) in [5.41, 5.74) is 0.522. The molecule has 0 aromatic carbocycles. The van der Waals surface area contributed by atoms with E-state index in [1.807, 2.05) is 0 Å². The van der Waals surface area contributed by atoms with E-state index in [9.17, 15) is 0 Å². The van der Waals surface area contributed by atoms with Crippen LogP contribution in [-0.2, 0) is 4.74 Å². The van der Waals surface area contributed by atoms with Crippen molar-refractivity contribution in [1.29, 1.82) is 0 Å². The lowest BCUT2D eigenvalue weighted by atomic mass is 9.70. The van der Waals surface area contributed by atoms with Crippen LogP contribution in [0.4, 0.5) is 0 Å². The maximum Gasteiger partial charge on any atom is 0.0598 e. The Labute approximate surface area is 126 Å². The first-order chi connectivity index (χ1) is 9.15. The molecule has 0 aromatic rings. The first-order valence-corrected chi connectivity index (χ1v) is 8.53. The molecule has 2 heteroatoms. The molecule has 1 aliphatic carbocycles. The second kappa shape index (κ2) is 5.96. The van der Waals surface area contributed by atoms with Gasteiger partial charge in [0.05, 0.1) is 12.2 Å². The average Bonchev–Trinajstić information content (AvgIpc) is 2.24. The van der Waals surface area contributed by atoms with Gasteiger partial charge in [0.2, 0.25) is 0 Å². The van der Waals surface area contributed by atoms with Crippen molar-refractivity contribution in [2.75, 3.05) is 19.7 Å². The van der Waals surface area contributed by atoms with E-state index in [2.05, 4.69) is 46.4 Å². The number of hydrogen-bond acceptors (Lipinski definition) is 2. The monoisotopic (exact) mass is 281 g/mol. The number of rotatable bonds is 3. The summed E-state index contributed by atoms with van der Waals surface area (Å²) in [7, 11) is 0. The normalized spacial score (nSPS) is 30.3. The molecule has 0 aromatic heterocycles. The highest BCUT2D eigenvalue weighted by molar-refractivity contribution is 4.90. The van der Waals surface area contributed by atoms with E-state index in [1.165, 1.54) is 38.8 Å². The van der Waals surface area contributed by atoms with E-state index in [-0.39, 0.29) is 5.60 Å². The van der Waals surface area contributed by atoms with Gasteiger partial charge in [0.25, 0.3) is 0 Å². The fourth-order valence-electron chi connectivity index (χ4n) is 3.69. The van der Waals surface area contributed by atoms with Crippen molar-refractivity contribution in [3.05, 3.63) is 0 Å². The summed E-state index contributed by atoms with van der Waals surface area (Å²) in [5.74, 6) is 1.70. The largest absolute Gasteiger partial charge is 0.375 e. The van der Waals surface area contributed by atoms with Crippen LogP contribution in [0.15, 0.2) is 0 Å². The van der Waals surface area contributed by atoms with Gasteiger partial charge in [0.15, 0.2) is 0 Å². The molecular formula is C18H35NO. The molecule has 0 bridgehead atoms. The summed E-state index contributed by atoms with van der Waals surface area (Å²) in [5, 5.41) is 0. The highest BCUT2D eigenvalue weighted by Crippen LogP contribution is 2.40. The SMILES string of the molecule is CC(C)(C)OCC1CN(C2CCC(C(C)(C)C)CC2)C1. The zero-order chi connectivity index (χ0) is 15.0. The molecule has 1 heterocycles. The van der Waals surface area contributed by atoms with Crippen molar-refractivity contribution in [3.63, 3.8) is 0 Å². The second-order valence-electron chi connectivity index (χ2n) is 9.11. The third kappa shape index (κ3) is 4.46. The van der Waals surface area contributed by atoms with Crippen LogP contribution in [-0.4, -0.2) is 36.2 Å². The summed E-state index contributed by atoms with van der Waals surface area (Å²) < 4.78 is 5.90. The van der Waals surface area contributed by atoms with Gasteiger partial charge in [-0.25, -0.2) is 0 Å². The summed E-state index contributed by atoms with van der Waals surface area (Å²) >= 11 is 0. The molecule has 20 heavy (non-hydrogen) atoms. The third-order valence-electron chi connectivity index (χ3n) is 5.18. The van der Waals surface area contributed by atoms with Crippen molar-refractivity contribution in [2.24, 2.45) is 17.3 Å². The topological polar surface area (TPSA) is 12.5 Å². The van der Waals surface area contributed by atoms with Gasteiger partial charge in [-0.05, 0) is 57.8 Å². The van der Waals surface area contributed by atoms with Gasteiger partial charge in [0.1, 0.15) is 0 Å². The van der Waals surface area contributed by atoms with Crippen molar-refractivity contribution in [1.82, 2.24) is 4.90 Å². The molecule has 2 fully saturated rings. The highest BCUT2D eigenvalue weighted by Gasteiger charge is 2.37. The zero-order valence-corrected chi connectivity index (χ0v) is 14.5. The molecule has 0 spiro atoms. The van der Waals surface area contributed by atoms with Gasteiger partial charge in [-0.1, -0.05) is 20.8 Å². The average molecular weight is 281 g/mol. The summed E-state index contributed by atoms with van der Waals surface area (Å²) in [6.45, 7) is 17.1. The van der Waals surface area contributed by atoms with Crippen LogP contribution in [0, 0.1) is 17.3 Å². The van der Waals surface area contributed by atoms with Crippen LogP contribution in [0.25, 0.3) is 0 Å². The molecule has 2 aliphatic rings. The molecule has 2 rings (SSSR count). The predicted molar refractivity (Wildman–Crippen MR) is 86.0 cm³/mol. The van der Waals surface area contributed by atoms with Crippen LogP contribution in [0.1, 0.15) is 67.2 Å². The fourth-order valence-corrected chi connectivity index (χ4v) is 3.69.